The zero-order chi connectivity index (χ0) is 23.5. The molecule has 174 valence electrons. The van der Waals surface area contributed by atoms with E-state index in [2.05, 4.69) is 5.32 Å². The largest absolute Gasteiger partial charge is 0.497 e. The van der Waals surface area contributed by atoms with Gasteiger partial charge in [-0.2, -0.15) is 4.98 Å². The smallest absolute Gasteiger partial charge is 0.262 e. The number of amides is 1. The molecule has 2 aromatic carbocycles. The predicted octanol–water partition coefficient (Wildman–Crippen LogP) is 5.27. The van der Waals surface area contributed by atoms with Gasteiger partial charge in [0, 0.05) is 16.1 Å². The first-order chi connectivity index (χ1) is 16.6. The van der Waals surface area contributed by atoms with Gasteiger partial charge in [0.05, 0.1) is 19.6 Å². The molecule has 34 heavy (non-hydrogen) atoms. The van der Waals surface area contributed by atoms with Gasteiger partial charge in [-0.15, -0.1) is 11.3 Å². The molecule has 1 aliphatic carbocycles. The maximum atomic E-state index is 12.6. The van der Waals surface area contributed by atoms with Gasteiger partial charge in [-0.3, -0.25) is 4.79 Å². The summed E-state index contributed by atoms with van der Waals surface area (Å²) in [5.41, 5.74) is 2.80. The van der Waals surface area contributed by atoms with Crippen molar-refractivity contribution in [3.8, 4) is 28.8 Å². The lowest BCUT2D eigenvalue weighted by molar-refractivity contribution is -0.118. The van der Waals surface area contributed by atoms with Gasteiger partial charge in [-0.25, -0.2) is 4.98 Å². The van der Waals surface area contributed by atoms with Crippen LogP contribution in [0.5, 0.6) is 17.4 Å². The lowest BCUT2D eigenvalue weighted by Gasteiger charge is -2.13. The highest BCUT2D eigenvalue weighted by Gasteiger charge is 2.23. The fraction of sp³-hybridized carbons (Fsp3) is 0.269. The molecule has 1 N–H and O–H groups in total. The second-order valence-corrected chi connectivity index (χ2v) is 9.12. The monoisotopic (exact) mass is 475 g/mol. The normalized spacial score (nSPS) is 12.8. The number of nitrogens with zero attached hydrogens (tertiary/aromatic N) is 2. The van der Waals surface area contributed by atoms with Gasteiger partial charge in [0.1, 0.15) is 16.3 Å². The summed E-state index contributed by atoms with van der Waals surface area (Å²) < 4.78 is 16.5. The number of fused-ring (bicyclic) bond motifs is 3. The maximum absolute atomic E-state index is 12.6. The molecule has 1 amide bonds. The summed E-state index contributed by atoms with van der Waals surface area (Å²) in [6, 6.07) is 14.8. The highest BCUT2D eigenvalue weighted by atomic mass is 32.1. The molecular formula is C26H25N3O4S. The summed E-state index contributed by atoms with van der Waals surface area (Å²) in [6.07, 6.45) is 4.34. The highest BCUT2D eigenvalue weighted by Crippen LogP contribution is 2.40. The van der Waals surface area contributed by atoms with Crippen molar-refractivity contribution in [1.29, 1.82) is 0 Å². The average Bonchev–Trinajstić information content (AvgIpc) is 3.26. The third-order valence-corrected chi connectivity index (χ3v) is 7.03. The molecule has 7 nitrogen and oxygen atoms in total. The van der Waals surface area contributed by atoms with Crippen molar-refractivity contribution in [3.05, 3.63) is 59.0 Å². The van der Waals surface area contributed by atoms with Crippen LogP contribution in [0.2, 0.25) is 0 Å². The zero-order valence-electron chi connectivity index (χ0n) is 19.1. The van der Waals surface area contributed by atoms with Crippen molar-refractivity contribution in [1.82, 2.24) is 9.97 Å². The lowest BCUT2D eigenvalue weighted by Crippen LogP contribution is -2.20. The van der Waals surface area contributed by atoms with Gasteiger partial charge in [-0.05, 0) is 79.8 Å². The van der Waals surface area contributed by atoms with Crippen LogP contribution in [-0.4, -0.2) is 36.7 Å². The number of anilines is 1. The van der Waals surface area contributed by atoms with Crippen LogP contribution in [0.1, 0.15) is 23.3 Å². The van der Waals surface area contributed by atoms with Crippen molar-refractivity contribution < 1.29 is 19.0 Å². The number of hydrogen-bond donors (Lipinski definition) is 1. The van der Waals surface area contributed by atoms with Crippen molar-refractivity contribution in [2.24, 2.45) is 0 Å². The number of carbonyl (C=O) groups is 1. The van der Waals surface area contributed by atoms with Gasteiger partial charge >= 0.3 is 0 Å². The molecule has 2 aromatic heterocycles. The Morgan fingerprint density at radius 3 is 2.32 bits per heavy atom. The van der Waals surface area contributed by atoms with E-state index >= 15 is 0 Å². The van der Waals surface area contributed by atoms with Crippen molar-refractivity contribution in [2.75, 3.05) is 26.1 Å². The van der Waals surface area contributed by atoms with Crippen LogP contribution in [0.15, 0.2) is 48.5 Å². The molecule has 4 aromatic rings. The van der Waals surface area contributed by atoms with Crippen LogP contribution >= 0.6 is 11.3 Å². The van der Waals surface area contributed by atoms with Crippen molar-refractivity contribution in [2.45, 2.75) is 25.7 Å². The van der Waals surface area contributed by atoms with Crippen LogP contribution in [0.25, 0.3) is 21.6 Å². The number of nitrogens with one attached hydrogen (secondary N) is 1. The Labute approximate surface area is 201 Å². The van der Waals surface area contributed by atoms with E-state index in [9.17, 15) is 4.79 Å². The van der Waals surface area contributed by atoms with Crippen molar-refractivity contribution >= 4 is 33.1 Å². The summed E-state index contributed by atoms with van der Waals surface area (Å²) in [7, 11) is 3.24. The van der Waals surface area contributed by atoms with E-state index < -0.39 is 0 Å². The van der Waals surface area contributed by atoms with Gasteiger partial charge in [0.15, 0.2) is 12.4 Å². The van der Waals surface area contributed by atoms with E-state index in [0.717, 1.165) is 46.5 Å². The molecule has 0 spiro atoms. The Balaban J connectivity index is 1.43. The van der Waals surface area contributed by atoms with Crippen LogP contribution < -0.4 is 19.5 Å². The SMILES string of the molecule is COc1ccc(NC(=O)COc2nc(-c3ccc(OC)cc3)nc3sc4c(c23)CCCC4)cc1. The summed E-state index contributed by atoms with van der Waals surface area (Å²) >= 11 is 1.70. The molecule has 0 aliphatic heterocycles. The maximum Gasteiger partial charge on any atom is 0.262 e. The quantitative estimate of drug-likeness (QED) is 0.392. The molecule has 5 rings (SSSR count). The minimum atomic E-state index is -0.257. The number of carbonyl (C=O) groups excluding carboxylic acids is 1. The average molecular weight is 476 g/mol. The predicted molar refractivity (Wildman–Crippen MR) is 133 cm³/mol. The molecule has 0 atom stereocenters. The Morgan fingerprint density at radius 2 is 1.62 bits per heavy atom. The van der Waals surface area contributed by atoms with Crippen LogP contribution in [0.3, 0.4) is 0 Å². The molecule has 2 heterocycles. The number of aromatic nitrogens is 2. The van der Waals surface area contributed by atoms with Crippen LogP contribution in [-0.2, 0) is 17.6 Å². The van der Waals surface area contributed by atoms with Gasteiger partial charge in [0.25, 0.3) is 5.91 Å². The number of thiophene rings is 1. The number of methoxy groups -OCH3 is 2. The van der Waals surface area contributed by atoms with Gasteiger partial charge in [0.2, 0.25) is 5.88 Å². The van der Waals surface area contributed by atoms with Gasteiger partial charge < -0.3 is 19.5 Å². The zero-order valence-corrected chi connectivity index (χ0v) is 19.9. The van der Waals surface area contributed by atoms with Crippen LogP contribution in [0, 0.1) is 0 Å². The Bertz CT molecular complexity index is 1320. The van der Waals surface area contributed by atoms with E-state index in [4.69, 9.17) is 24.2 Å². The highest BCUT2D eigenvalue weighted by molar-refractivity contribution is 7.18. The van der Waals surface area contributed by atoms with E-state index in [0.29, 0.717) is 17.4 Å². The van der Waals surface area contributed by atoms with E-state index in [1.807, 2.05) is 24.3 Å². The summed E-state index contributed by atoms with van der Waals surface area (Å²) in [5.74, 6) is 2.26. The molecule has 0 saturated heterocycles. The van der Waals surface area contributed by atoms with E-state index in [1.165, 1.54) is 16.9 Å². The molecule has 8 heteroatoms. The first-order valence-electron chi connectivity index (χ1n) is 11.2. The minimum Gasteiger partial charge on any atom is -0.497 e. The topological polar surface area (TPSA) is 82.6 Å². The fourth-order valence-corrected chi connectivity index (χ4v) is 5.35. The first-order valence-corrected chi connectivity index (χ1v) is 12.0. The number of ether oxygens (including phenoxy) is 3. The Morgan fingerprint density at radius 1 is 0.941 bits per heavy atom. The summed E-state index contributed by atoms with van der Waals surface area (Å²) in [4.78, 5) is 24.4. The number of benzene rings is 2. The minimum absolute atomic E-state index is 0.148. The van der Waals surface area contributed by atoms with Gasteiger partial charge in [-0.1, -0.05) is 0 Å². The molecule has 0 unspecified atom stereocenters. The summed E-state index contributed by atoms with van der Waals surface area (Å²) in [5, 5.41) is 3.79. The Kier molecular flexibility index (Phi) is 6.31. The van der Waals surface area contributed by atoms with E-state index in [-0.39, 0.29) is 12.5 Å². The number of aryl methyl sites for hydroxylation is 2. The lowest BCUT2D eigenvalue weighted by atomic mass is 9.97. The third kappa shape index (κ3) is 4.54. The molecule has 0 saturated carbocycles. The van der Waals surface area contributed by atoms with Crippen molar-refractivity contribution in [3.63, 3.8) is 0 Å². The Hall–Kier alpha value is -3.65. The molecule has 0 radical (unpaired) electrons. The first kappa shape index (κ1) is 22.2. The van der Waals surface area contributed by atoms with E-state index in [1.54, 1.807) is 49.8 Å². The third-order valence-electron chi connectivity index (χ3n) is 5.84. The molecule has 0 fully saturated rings. The standard InChI is InChI=1S/C26H25N3O4S/c1-31-18-11-7-16(8-12-18)24-28-25(23-20-5-3-4-6-21(20)34-26(23)29-24)33-15-22(30)27-17-9-13-19(32-2)14-10-17/h7-14H,3-6,15H2,1-2H3,(H,27,30). The second-order valence-electron chi connectivity index (χ2n) is 8.04. The molecular weight excluding hydrogens is 450 g/mol. The second kappa shape index (κ2) is 9.69. The molecule has 0 bridgehead atoms. The fourth-order valence-electron chi connectivity index (χ4n) is 4.10. The van der Waals surface area contributed by atoms with Crippen LogP contribution in [0.4, 0.5) is 5.69 Å². The summed E-state index contributed by atoms with van der Waals surface area (Å²) in [6.45, 7) is -0.148. The number of rotatable bonds is 7. The number of hydrogen-bond acceptors (Lipinski definition) is 7. The molecule has 1 aliphatic rings.